The molecule has 98 valence electrons. The molecule has 0 heteroatoms. The van der Waals surface area contributed by atoms with Crippen LogP contribution in [0.5, 0.6) is 0 Å². The van der Waals surface area contributed by atoms with Crippen molar-refractivity contribution < 1.29 is 0 Å². The zero-order valence-corrected chi connectivity index (χ0v) is 11.8. The van der Waals surface area contributed by atoms with Crippen molar-refractivity contribution in [2.45, 2.75) is 71.6 Å². The van der Waals surface area contributed by atoms with E-state index in [-0.39, 0.29) is 0 Å². The molecule has 0 bridgehead atoms. The van der Waals surface area contributed by atoms with Crippen molar-refractivity contribution in [2.24, 2.45) is 35.5 Å². The average molecular weight is 234 g/mol. The van der Waals surface area contributed by atoms with Gasteiger partial charge in [0.1, 0.15) is 0 Å². The third-order valence-corrected chi connectivity index (χ3v) is 6.19. The summed E-state index contributed by atoms with van der Waals surface area (Å²) >= 11 is 0. The molecule has 4 atom stereocenters. The Labute approximate surface area is 108 Å². The largest absolute Gasteiger partial charge is 0.0654 e. The van der Waals surface area contributed by atoms with Crippen LogP contribution >= 0.6 is 0 Å². The van der Waals surface area contributed by atoms with E-state index in [0.29, 0.717) is 0 Å². The molecule has 3 rings (SSSR count). The van der Waals surface area contributed by atoms with Gasteiger partial charge in [-0.05, 0) is 74.0 Å². The minimum Gasteiger partial charge on any atom is -0.0654 e. The van der Waals surface area contributed by atoms with Crippen LogP contribution in [0.3, 0.4) is 0 Å². The van der Waals surface area contributed by atoms with Crippen LogP contribution in [0.25, 0.3) is 0 Å². The Kier molecular flexibility index (Phi) is 3.50. The molecule has 0 N–H and O–H groups in total. The molecule has 0 spiro atoms. The topological polar surface area (TPSA) is 0 Å². The van der Waals surface area contributed by atoms with Crippen molar-refractivity contribution in [3.63, 3.8) is 0 Å². The van der Waals surface area contributed by atoms with Gasteiger partial charge in [0.05, 0.1) is 0 Å². The van der Waals surface area contributed by atoms with Gasteiger partial charge >= 0.3 is 0 Å². The molecule has 3 saturated carbocycles. The summed E-state index contributed by atoms with van der Waals surface area (Å²) in [6.07, 6.45) is 14.0. The summed E-state index contributed by atoms with van der Waals surface area (Å²) in [7, 11) is 0. The lowest BCUT2D eigenvalue weighted by molar-refractivity contribution is 0.157. The monoisotopic (exact) mass is 234 g/mol. The lowest BCUT2D eigenvalue weighted by Gasteiger charge is -2.34. The summed E-state index contributed by atoms with van der Waals surface area (Å²) in [5.41, 5.74) is 0. The fourth-order valence-corrected chi connectivity index (χ4v) is 5.51. The van der Waals surface area contributed by atoms with Crippen molar-refractivity contribution in [3.05, 3.63) is 0 Å². The fraction of sp³-hybridized carbons (Fsp3) is 1.00. The van der Waals surface area contributed by atoms with E-state index in [2.05, 4.69) is 13.8 Å². The molecule has 0 aromatic rings. The van der Waals surface area contributed by atoms with Crippen molar-refractivity contribution in [3.8, 4) is 0 Å². The van der Waals surface area contributed by atoms with Gasteiger partial charge in [-0.1, -0.05) is 33.1 Å². The van der Waals surface area contributed by atoms with Gasteiger partial charge < -0.3 is 0 Å². The van der Waals surface area contributed by atoms with Crippen LogP contribution in [0.4, 0.5) is 0 Å². The van der Waals surface area contributed by atoms with Gasteiger partial charge in [0, 0.05) is 0 Å². The summed E-state index contributed by atoms with van der Waals surface area (Å²) in [6, 6.07) is 0. The molecular weight excluding hydrogens is 204 g/mol. The molecule has 17 heavy (non-hydrogen) atoms. The molecule has 0 aliphatic heterocycles. The van der Waals surface area contributed by atoms with Crippen LogP contribution in [0.2, 0.25) is 0 Å². The zero-order valence-electron chi connectivity index (χ0n) is 11.8. The summed E-state index contributed by atoms with van der Waals surface area (Å²) in [5, 5.41) is 0. The first-order valence-electron chi connectivity index (χ1n) is 8.26. The molecule has 3 fully saturated rings. The molecule has 3 aliphatic carbocycles. The normalized spacial score (nSPS) is 49.1. The van der Waals surface area contributed by atoms with Crippen LogP contribution in [-0.4, -0.2) is 0 Å². The first-order chi connectivity index (χ1) is 8.26. The third-order valence-electron chi connectivity index (χ3n) is 6.19. The first-order valence-corrected chi connectivity index (χ1v) is 8.26. The zero-order chi connectivity index (χ0) is 11.8. The summed E-state index contributed by atoms with van der Waals surface area (Å²) in [5.74, 6) is 6.71. The van der Waals surface area contributed by atoms with Crippen LogP contribution < -0.4 is 0 Å². The first kappa shape index (κ1) is 12.1. The lowest BCUT2D eigenvalue weighted by Crippen LogP contribution is -2.25. The molecule has 4 unspecified atom stereocenters. The van der Waals surface area contributed by atoms with E-state index >= 15 is 0 Å². The van der Waals surface area contributed by atoms with E-state index in [1.165, 1.54) is 19.3 Å². The second-order valence-corrected chi connectivity index (χ2v) is 7.57. The van der Waals surface area contributed by atoms with Gasteiger partial charge in [-0.25, -0.2) is 0 Å². The Morgan fingerprint density at radius 3 is 1.82 bits per heavy atom. The molecule has 0 saturated heterocycles. The van der Waals surface area contributed by atoms with Gasteiger partial charge in [-0.15, -0.1) is 0 Å². The van der Waals surface area contributed by atoms with Gasteiger partial charge in [-0.2, -0.15) is 0 Å². The summed E-state index contributed by atoms with van der Waals surface area (Å²) < 4.78 is 0. The molecular formula is C17H30. The van der Waals surface area contributed by atoms with E-state index in [0.717, 1.165) is 35.5 Å². The van der Waals surface area contributed by atoms with E-state index in [1.807, 2.05) is 0 Å². The van der Waals surface area contributed by atoms with Crippen molar-refractivity contribution in [1.82, 2.24) is 0 Å². The highest BCUT2D eigenvalue weighted by atomic mass is 14.5. The second-order valence-electron chi connectivity index (χ2n) is 7.57. The van der Waals surface area contributed by atoms with Crippen molar-refractivity contribution >= 4 is 0 Å². The smallest absolute Gasteiger partial charge is 0.0380 e. The van der Waals surface area contributed by atoms with Gasteiger partial charge in [-0.3, -0.25) is 0 Å². The van der Waals surface area contributed by atoms with E-state index in [9.17, 15) is 0 Å². The van der Waals surface area contributed by atoms with Crippen molar-refractivity contribution in [1.29, 1.82) is 0 Å². The quantitative estimate of drug-likeness (QED) is 0.623. The van der Waals surface area contributed by atoms with Crippen LogP contribution in [-0.2, 0) is 0 Å². The maximum Gasteiger partial charge on any atom is -0.0380 e. The van der Waals surface area contributed by atoms with E-state index in [4.69, 9.17) is 0 Å². The fourth-order valence-electron chi connectivity index (χ4n) is 5.51. The molecule has 0 aromatic carbocycles. The van der Waals surface area contributed by atoms with Gasteiger partial charge in [0.2, 0.25) is 0 Å². The predicted molar refractivity (Wildman–Crippen MR) is 73.8 cm³/mol. The number of unbranched alkanes of at least 4 members (excludes halogenated alkanes) is 1. The van der Waals surface area contributed by atoms with E-state index in [1.54, 1.807) is 38.5 Å². The van der Waals surface area contributed by atoms with Crippen LogP contribution in [0.15, 0.2) is 0 Å². The summed E-state index contributed by atoms with van der Waals surface area (Å²) in [6.45, 7) is 4.83. The summed E-state index contributed by atoms with van der Waals surface area (Å²) in [4.78, 5) is 0. The minimum atomic E-state index is 1.04. The number of hydrogen-bond donors (Lipinski definition) is 0. The molecule has 0 amide bonds. The third kappa shape index (κ3) is 2.42. The maximum atomic E-state index is 2.48. The number of fused-ring (bicyclic) bond motifs is 2. The molecule has 0 nitrogen and oxygen atoms in total. The predicted octanol–water partition coefficient (Wildman–Crippen LogP) is 5.28. The molecule has 3 aliphatic rings. The van der Waals surface area contributed by atoms with Gasteiger partial charge in [0.15, 0.2) is 0 Å². The maximum absolute atomic E-state index is 2.48. The molecule has 0 heterocycles. The highest BCUT2D eigenvalue weighted by molar-refractivity contribution is 4.95. The molecule has 0 aromatic heterocycles. The van der Waals surface area contributed by atoms with E-state index < -0.39 is 0 Å². The Morgan fingerprint density at radius 2 is 1.29 bits per heavy atom. The number of rotatable bonds is 3. The Bertz CT molecular complexity index is 235. The minimum absolute atomic E-state index is 1.04. The van der Waals surface area contributed by atoms with Crippen molar-refractivity contribution in [2.75, 3.05) is 0 Å². The van der Waals surface area contributed by atoms with Gasteiger partial charge in [0.25, 0.3) is 0 Å². The van der Waals surface area contributed by atoms with Crippen LogP contribution in [0.1, 0.15) is 71.6 Å². The van der Waals surface area contributed by atoms with Crippen LogP contribution in [0, 0.1) is 35.5 Å². The Morgan fingerprint density at radius 1 is 0.765 bits per heavy atom. The average Bonchev–Trinajstić information content (AvgIpc) is 2.83. The highest BCUT2D eigenvalue weighted by Crippen LogP contribution is 2.55. The number of hydrogen-bond acceptors (Lipinski definition) is 0. The second kappa shape index (κ2) is 4.94. The standard InChI is InChI=1S/C17H30/c1-3-4-5-13-8-16-10-14-6-12(2)7-15(14)11-17(16)9-13/h12-17H,3-11H2,1-2H3. The lowest BCUT2D eigenvalue weighted by atomic mass is 9.71. The Hall–Kier alpha value is 0. The Balaban J connectivity index is 1.56. The molecule has 0 radical (unpaired) electrons. The highest BCUT2D eigenvalue weighted by Gasteiger charge is 2.45. The SMILES string of the molecule is CCCCC1CC2CC3CC(C)CC3CC2C1.